The predicted molar refractivity (Wildman–Crippen MR) is 60.0 cm³/mol. The van der Waals surface area contributed by atoms with Gasteiger partial charge in [-0.15, -0.1) is 0 Å². The van der Waals surface area contributed by atoms with E-state index in [-0.39, 0.29) is 12.1 Å². The zero-order valence-electron chi connectivity index (χ0n) is 9.06. The van der Waals surface area contributed by atoms with E-state index in [1.807, 2.05) is 0 Å². The van der Waals surface area contributed by atoms with Gasteiger partial charge in [0.15, 0.2) is 0 Å². The van der Waals surface area contributed by atoms with Crippen molar-refractivity contribution in [1.82, 2.24) is 4.31 Å². The fourth-order valence-electron chi connectivity index (χ4n) is 2.68. The number of sulfonamides is 1. The van der Waals surface area contributed by atoms with Crippen molar-refractivity contribution in [3.8, 4) is 0 Å². The van der Waals surface area contributed by atoms with E-state index in [9.17, 15) is 8.42 Å². The van der Waals surface area contributed by atoms with Crippen LogP contribution < -0.4 is 5.73 Å². The first-order valence-electron chi connectivity index (χ1n) is 5.86. The minimum atomic E-state index is -3.00. The van der Waals surface area contributed by atoms with Gasteiger partial charge in [-0.05, 0) is 25.7 Å². The van der Waals surface area contributed by atoms with Gasteiger partial charge >= 0.3 is 0 Å². The highest BCUT2D eigenvalue weighted by Crippen LogP contribution is 2.27. The monoisotopic (exact) mass is 232 g/mol. The van der Waals surface area contributed by atoms with Gasteiger partial charge in [0, 0.05) is 18.6 Å². The second-order valence-electron chi connectivity index (χ2n) is 4.65. The first-order valence-corrected chi connectivity index (χ1v) is 7.47. The molecule has 1 aliphatic heterocycles. The van der Waals surface area contributed by atoms with E-state index in [0.29, 0.717) is 12.3 Å². The SMILES string of the molecule is NC1CCCCC1N1CCCCS1(=O)=O. The molecule has 0 radical (unpaired) electrons. The molecule has 1 heterocycles. The summed E-state index contributed by atoms with van der Waals surface area (Å²) in [5.41, 5.74) is 6.02. The van der Waals surface area contributed by atoms with Gasteiger partial charge in [-0.2, -0.15) is 4.31 Å². The highest BCUT2D eigenvalue weighted by atomic mass is 32.2. The molecule has 0 bridgehead atoms. The fourth-order valence-corrected chi connectivity index (χ4v) is 4.56. The Morgan fingerprint density at radius 3 is 2.47 bits per heavy atom. The average molecular weight is 232 g/mol. The molecule has 1 saturated heterocycles. The van der Waals surface area contributed by atoms with Crippen molar-refractivity contribution in [2.24, 2.45) is 5.73 Å². The molecule has 2 aliphatic rings. The smallest absolute Gasteiger partial charge is 0.214 e. The van der Waals surface area contributed by atoms with Gasteiger partial charge in [-0.1, -0.05) is 12.8 Å². The first kappa shape index (κ1) is 11.4. The number of nitrogens with two attached hydrogens (primary N) is 1. The Morgan fingerprint density at radius 1 is 1.07 bits per heavy atom. The lowest BCUT2D eigenvalue weighted by molar-refractivity contribution is 0.216. The second kappa shape index (κ2) is 4.39. The van der Waals surface area contributed by atoms with Gasteiger partial charge in [-0.25, -0.2) is 8.42 Å². The molecule has 5 heteroatoms. The highest BCUT2D eigenvalue weighted by Gasteiger charge is 2.36. The molecule has 0 spiro atoms. The van der Waals surface area contributed by atoms with Gasteiger partial charge in [0.2, 0.25) is 10.0 Å². The molecule has 1 saturated carbocycles. The van der Waals surface area contributed by atoms with Crippen LogP contribution in [0.15, 0.2) is 0 Å². The van der Waals surface area contributed by atoms with E-state index in [1.54, 1.807) is 4.31 Å². The van der Waals surface area contributed by atoms with Crippen LogP contribution in [0.1, 0.15) is 38.5 Å². The van der Waals surface area contributed by atoms with Gasteiger partial charge in [0.1, 0.15) is 0 Å². The molecule has 2 unspecified atom stereocenters. The minimum Gasteiger partial charge on any atom is -0.326 e. The van der Waals surface area contributed by atoms with Crippen LogP contribution in [0.4, 0.5) is 0 Å². The van der Waals surface area contributed by atoms with Crippen molar-refractivity contribution in [3.05, 3.63) is 0 Å². The third-order valence-electron chi connectivity index (χ3n) is 3.54. The maximum atomic E-state index is 11.9. The largest absolute Gasteiger partial charge is 0.326 e. The van der Waals surface area contributed by atoms with E-state index in [1.165, 1.54) is 0 Å². The number of hydrogen-bond donors (Lipinski definition) is 1. The van der Waals surface area contributed by atoms with Crippen molar-refractivity contribution < 1.29 is 8.42 Å². The molecule has 0 aromatic heterocycles. The lowest BCUT2D eigenvalue weighted by Gasteiger charge is -2.39. The summed E-state index contributed by atoms with van der Waals surface area (Å²) in [5, 5.41) is 0. The van der Waals surface area contributed by atoms with E-state index < -0.39 is 10.0 Å². The molecular formula is C10H20N2O2S. The molecule has 0 aromatic carbocycles. The zero-order chi connectivity index (χ0) is 10.9. The van der Waals surface area contributed by atoms with Gasteiger partial charge < -0.3 is 5.73 Å². The van der Waals surface area contributed by atoms with Crippen LogP contribution in [0.25, 0.3) is 0 Å². The Labute approximate surface area is 91.9 Å². The molecule has 0 amide bonds. The Bertz CT molecular complexity index is 315. The molecular weight excluding hydrogens is 212 g/mol. The van der Waals surface area contributed by atoms with Crippen molar-refractivity contribution in [2.75, 3.05) is 12.3 Å². The van der Waals surface area contributed by atoms with Crippen molar-refractivity contribution in [1.29, 1.82) is 0 Å². The number of nitrogens with zero attached hydrogens (tertiary/aromatic N) is 1. The minimum absolute atomic E-state index is 0.0478. The molecule has 2 N–H and O–H groups in total. The maximum absolute atomic E-state index is 11.9. The van der Waals surface area contributed by atoms with Crippen LogP contribution >= 0.6 is 0 Å². The summed E-state index contributed by atoms with van der Waals surface area (Å²) in [6.07, 6.45) is 5.97. The average Bonchev–Trinajstić information content (AvgIpc) is 2.19. The Hall–Kier alpha value is -0.130. The predicted octanol–water partition coefficient (Wildman–Crippen LogP) is 0.682. The molecule has 88 valence electrons. The van der Waals surface area contributed by atoms with Gasteiger partial charge in [0.05, 0.1) is 5.75 Å². The standard InChI is InChI=1S/C10H20N2O2S/c11-9-5-1-2-6-10(9)12-7-3-4-8-15(12,13)14/h9-10H,1-8,11H2. The summed E-state index contributed by atoms with van der Waals surface area (Å²) in [4.78, 5) is 0. The van der Waals surface area contributed by atoms with Crippen LogP contribution in [0, 0.1) is 0 Å². The highest BCUT2D eigenvalue weighted by molar-refractivity contribution is 7.89. The topological polar surface area (TPSA) is 63.4 Å². The summed E-state index contributed by atoms with van der Waals surface area (Å²) < 4.78 is 25.5. The third-order valence-corrected chi connectivity index (χ3v) is 5.51. The number of rotatable bonds is 1. The van der Waals surface area contributed by atoms with E-state index in [4.69, 9.17) is 5.73 Å². The Balaban J connectivity index is 2.13. The lowest BCUT2D eigenvalue weighted by Crippen LogP contribution is -2.54. The zero-order valence-corrected chi connectivity index (χ0v) is 9.88. The molecule has 1 aliphatic carbocycles. The first-order chi connectivity index (χ1) is 7.11. The van der Waals surface area contributed by atoms with Crippen LogP contribution in [0.2, 0.25) is 0 Å². The lowest BCUT2D eigenvalue weighted by atomic mass is 9.91. The van der Waals surface area contributed by atoms with Crippen LogP contribution in [0.3, 0.4) is 0 Å². The van der Waals surface area contributed by atoms with Crippen LogP contribution in [-0.4, -0.2) is 37.1 Å². The normalized spacial score (nSPS) is 37.7. The Kier molecular flexibility index (Phi) is 3.33. The van der Waals surface area contributed by atoms with Crippen LogP contribution in [0.5, 0.6) is 0 Å². The number of hydrogen-bond acceptors (Lipinski definition) is 3. The molecule has 0 aromatic rings. The molecule has 15 heavy (non-hydrogen) atoms. The Morgan fingerprint density at radius 2 is 1.80 bits per heavy atom. The summed E-state index contributed by atoms with van der Waals surface area (Å²) in [7, 11) is -3.00. The van der Waals surface area contributed by atoms with Gasteiger partial charge in [0.25, 0.3) is 0 Å². The van der Waals surface area contributed by atoms with Crippen molar-refractivity contribution in [2.45, 2.75) is 50.6 Å². The molecule has 4 nitrogen and oxygen atoms in total. The summed E-state index contributed by atoms with van der Waals surface area (Å²) in [6, 6.07) is 0.121. The van der Waals surface area contributed by atoms with Crippen molar-refractivity contribution >= 4 is 10.0 Å². The summed E-state index contributed by atoms with van der Waals surface area (Å²) in [5.74, 6) is 0.316. The molecule has 2 atom stereocenters. The summed E-state index contributed by atoms with van der Waals surface area (Å²) in [6.45, 7) is 0.681. The quantitative estimate of drug-likeness (QED) is 0.723. The van der Waals surface area contributed by atoms with Gasteiger partial charge in [-0.3, -0.25) is 0 Å². The van der Waals surface area contributed by atoms with E-state index >= 15 is 0 Å². The van der Waals surface area contributed by atoms with E-state index in [0.717, 1.165) is 38.5 Å². The second-order valence-corrected chi connectivity index (χ2v) is 6.69. The van der Waals surface area contributed by atoms with Crippen molar-refractivity contribution in [3.63, 3.8) is 0 Å². The molecule has 2 fully saturated rings. The third kappa shape index (κ3) is 2.34. The van der Waals surface area contributed by atoms with Crippen LogP contribution in [-0.2, 0) is 10.0 Å². The maximum Gasteiger partial charge on any atom is 0.214 e. The molecule has 2 rings (SSSR count). The fraction of sp³-hybridized carbons (Fsp3) is 1.00. The van der Waals surface area contributed by atoms with E-state index in [2.05, 4.69) is 0 Å². The summed E-state index contributed by atoms with van der Waals surface area (Å²) >= 11 is 0.